The SMILES string of the molecule is Cc1ccc(C)c(OCC(=O)N(Cc2ccc(Cl)c(Cl)c2)C(Cc2ccccc2)C(=O)NC2CCCCC2)c1. The van der Waals surface area contributed by atoms with E-state index in [1.165, 1.54) is 6.42 Å². The maximum Gasteiger partial charge on any atom is 0.261 e. The van der Waals surface area contributed by atoms with Crippen LogP contribution in [0.3, 0.4) is 0 Å². The molecule has 5 nitrogen and oxygen atoms in total. The number of halogens is 2. The summed E-state index contributed by atoms with van der Waals surface area (Å²) in [5.41, 5.74) is 3.75. The van der Waals surface area contributed by atoms with Gasteiger partial charge in [-0.05, 0) is 67.1 Å². The molecule has 1 aliphatic carbocycles. The predicted octanol–water partition coefficient (Wildman–Crippen LogP) is 7.08. The van der Waals surface area contributed by atoms with Crippen LogP contribution >= 0.6 is 23.2 Å². The standard InChI is InChI=1S/C32H36Cl2N2O3/c1-22-13-14-23(2)30(17-22)39-21-31(37)36(20-25-15-16-27(33)28(34)18-25)29(19-24-9-5-3-6-10-24)32(38)35-26-11-7-4-8-12-26/h3,5-6,9-10,13-18,26,29H,4,7-8,11-12,19-21H2,1-2H3,(H,35,38). The Kier molecular flexibility index (Phi) is 10.3. The Hall–Kier alpha value is -3.02. The van der Waals surface area contributed by atoms with Crippen LogP contribution in [-0.4, -0.2) is 35.4 Å². The lowest BCUT2D eigenvalue weighted by Crippen LogP contribution is -2.53. The van der Waals surface area contributed by atoms with E-state index in [9.17, 15) is 9.59 Å². The fourth-order valence-electron chi connectivity index (χ4n) is 5.02. The van der Waals surface area contributed by atoms with Gasteiger partial charge in [0.1, 0.15) is 11.8 Å². The van der Waals surface area contributed by atoms with E-state index in [4.69, 9.17) is 27.9 Å². The number of hydrogen-bond acceptors (Lipinski definition) is 3. The summed E-state index contributed by atoms with van der Waals surface area (Å²) < 4.78 is 6.00. The molecule has 0 aliphatic heterocycles. The summed E-state index contributed by atoms with van der Waals surface area (Å²) in [6, 6.07) is 20.4. The van der Waals surface area contributed by atoms with Crippen molar-refractivity contribution in [2.75, 3.05) is 6.61 Å². The number of rotatable bonds is 10. The van der Waals surface area contributed by atoms with Crippen molar-refractivity contribution in [3.8, 4) is 5.75 Å². The largest absolute Gasteiger partial charge is 0.483 e. The maximum atomic E-state index is 13.9. The quantitative estimate of drug-likeness (QED) is 0.285. The van der Waals surface area contributed by atoms with Crippen LogP contribution in [0, 0.1) is 13.8 Å². The van der Waals surface area contributed by atoms with Crippen LogP contribution in [0.2, 0.25) is 10.0 Å². The molecule has 0 spiro atoms. The molecule has 0 bridgehead atoms. The molecule has 4 rings (SSSR count). The second kappa shape index (κ2) is 13.9. The highest BCUT2D eigenvalue weighted by Crippen LogP contribution is 2.25. The number of aryl methyl sites for hydroxylation is 2. The average Bonchev–Trinajstić information content (AvgIpc) is 2.94. The van der Waals surface area contributed by atoms with E-state index in [1.54, 1.807) is 17.0 Å². The van der Waals surface area contributed by atoms with Crippen molar-refractivity contribution < 1.29 is 14.3 Å². The summed E-state index contributed by atoms with van der Waals surface area (Å²) in [6.45, 7) is 3.94. The Morgan fingerprint density at radius 1 is 0.923 bits per heavy atom. The summed E-state index contributed by atoms with van der Waals surface area (Å²) in [5.74, 6) is 0.233. The van der Waals surface area contributed by atoms with E-state index in [-0.39, 0.29) is 31.0 Å². The molecular weight excluding hydrogens is 531 g/mol. The van der Waals surface area contributed by atoms with Gasteiger partial charge in [-0.25, -0.2) is 0 Å². The van der Waals surface area contributed by atoms with Crippen LogP contribution in [0.15, 0.2) is 66.7 Å². The van der Waals surface area contributed by atoms with Crippen LogP contribution < -0.4 is 10.1 Å². The lowest BCUT2D eigenvalue weighted by Gasteiger charge is -2.33. The van der Waals surface area contributed by atoms with E-state index in [0.717, 1.165) is 47.9 Å². The molecule has 0 saturated heterocycles. The number of benzene rings is 3. The first kappa shape index (κ1) is 29.0. The summed E-state index contributed by atoms with van der Waals surface area (Å²) >= 11 is 12.5. The van der Waals surface area contributed by atoms with Crippen molar-refractivity contribution in [3.05, 3.63) is 99.0 Å². The molecule has 3 aromatic carbocycles. The predicted molar refractivity (Wildman–Crippen MR) is 157 cm³/mol. The molecule has 7 heteroatoms. The fraction of sp³-hybridized carbons (Fsp3) is 0.375. The zero-order valence-electron chi connectivity index (χ0n) is 22.6. The Morgan fingerprint density at radius 2 is 1.67 bits per heavy atom. The average molecular weight is 568 g/mol. The van der Waals surface area contributed by atoms with Gasteiger partial charge in [-0.1, -0.05) is 91.0 Å². The van der Waals surface area contributed by atoms with Gasteiger partial charge in [-0.15, -0.1) is 0 Å². The summed E-state index contributed by atoms with van der Waals surface area (Å²) in [7, 11) is 0. The third-order valence-electron chi connectivity index (χ3n) is 7.25. The summed E-state index contributed by atoms with van der Waals surface area (Å²) in [4.78, 5) is 29.3. The molecule has 2 amide bonds. The lowest BCUT2D eigenvalue weighted by atomic mass is 9.94. The minimum absolute atomic E-state index is 0.123. The van der Waals surface area contributed by atoms with Gasteiger partial charge in [0.15, 0.2) is 6.61 Å². The molecule has 1 saturated carbocycles. The number of carbonyl (C=O) groups is 2. The first-order valence-corrected chi connectivity index (χ1v) is 14.3. The van der Waals surface area contributed by atoms with Crippen molar-refractivity contribution >= 4 is 35.0 Å². The molecule has 0 heterocycles. The van der Waals surface area contributed by atoms with E-state index in [2.05, 4.69) is 5.32 Å². The lowest BCUT2D eigenvalue weighted by molar-refractivity contribution is -0.143. The van der Waals surface area contributed by atoms with E-state index >= 15 is 0 Å². The van der Waals surface area contributed by atoms with E-state index < -0.39 is 6.04 Å². The Balaban J connectivity index is 1.64. The van der Waals surface area contributed by atoms with E-state index in [1.807, 2.05) is 68.4 Å². The van der Waals surface area contributed by atoms with Crippen molar-refractivity contribution in [1.29, 1.82) is 0 Å². The smallest absolute Gasteiger partial charge is 0.261 e. The molecule has 0 aromatic heterocycles. The van der Waals surface area contributed by atoms with Gasteiger partial charge in [-0.3, -0.25) is 9.59 Å². The topological polar surface area (TPSA) is 58.6 Å². The summed E-state index contributed by atoms with van der Waals surface area (Å²) in [6.07, 6.45) is 5.70. The van der Waals surface area contributed by atoms with Crippen molar-refractivity contribution in [3.63, 3.8) is 0 Å². The molecule has 1 unspecified atom stereocenters. The number of carbonyl (C=O) groups excluding carboxylic acids is 2. The Bertz CT molecular complexity index is 1280. The fourth-order valence-corrected chi connectivity index (χ4v) is 5.34. The zero-order chi connectivity index (χ0) is 27.8. The van der Waals surface area contributed by atoms with Gasteiger partial charge in [0.2, 0.25) is 5.91 Å². The first-order chi connectivity index (χ1) is 18.8. The van der Waals surface area contributed by atoms with Crippen molar-refractivity contribution in [2.24, 2.45) is 0 Å². The number of nitrogens with zero attached hydrogens (tertiary/aromatic N) is 1. The summed E-state index contributed by atoms with van der Waals surface area (Å²) in [5, 5.41) is 4.09. The molecule has 1 N–H and O–H groups in total. The van der Waals surface area contributed by atoms with Gasteiger partial charge >= 0.3 is 0 Å². The second-order valence-electron chi connectivity index (χ2n) is 10.4. The number of ether oxygens (including phenoxy) is 1. The highest BCUT2D eigenvalue weighted by atomic mass is 35.5. The molecular formula is C32H36Cl2N2O3. The Labute approximate surface area is 241 Å². The third-order valence-corrected chi connectivity index (χ3v) is 7.99. The van der Waals surface area contributed by atoms with Crippen molar-refractivity contribution in [2.45, 2.75) is 71.0 Å². The van der Waals surface area contributed by atoms with Gasteiger partial charge in [0, 0.05) is 19.0 Å². The zero-order valence-corrected chi connectivity index (χ0v) is 24.1. The normalized spacial score (nSPS) is 14.5. The third kappa shape index (κ3) is 8.23. The van der Waals surface area contributed by atoms with Crippen LogP contribution in [0.25, 0.3) is 0 Å². The highest BCUT2D eigenvalue weighted by molar-refractivity contribution is 6.42. The van der Waals surface area contributed by atoms with Crippen LogP contribution in [-0.2, 0) is 22.6 Å². The molecule has 1 fully saturated rings. The molecule has 206 valence electrons. The van der Waals surface area contributed by atoms with Crippen molar-refractivity contribution in [1.82, 2.24) is 10.2 Å². The monoisotopic (exact) mass is 566 g/mol. The molecule has 1 atom stereocenters. The maximum absolute atomic E-state index is 13.9. The molecule has 3 aromatic rings. The van der Waals surface area contributed by atoms with E-state index in [0.29, 0.717) is 22.2 Å². The van der Waals surface area contributed by atoms with Gasteiger partial charge in [-0.2, -0.15) is 0 Å². The van der Waals surface area contributed by atoms with Crippen LogP contribution in [0.5, 0.6) is 5.75 Å². The second-order valence-corrected chi connectivity index (χ2v) is 11.2. The Morgan fingerprint density at radius 3 is 2.38 bits per heavy atom. The highest BCUT2D eigenvalue weighted by Gasteiger charge is 2.32. The number of hydrogen-bond donors (Lipinski definition) is 1. The minimum Gasteiger partial charge on any atom is -0.483 e. The van der Waals surface area contributed by atoms with Crippen LogP contribution in [0.1, 0.15) is 54.4 Å². The molecule has 1 aliphatic rings. The van der Waals surface area contributed by atoms with Gasteiger partial charge < -0.3 is 15.0 Å². The number of amides is 2. The van der Waals surface area contributed by atoms with Gasteiger partial charge in [0.25, 0.3) is 5.91 Å². The molecule has 39 heavy (non-hydrogen) atoms. The van der Waals surface area contributed by atoms with Gasteiger partial charge in [0.05, 0.1) is 10.0 Å². The van der Waals surface area contributed by atoms with Crippen LogP contribution in [0.4, 0.5) is 0 Å². The number of nitrogens with one attached hydrogen (secondary N) is 1. The molecule has 0 radical (unpaired) electrons. The first-order valence-electron chi connectivity index (χ1n) is 13.6. The minimum atomic E-state index is -0.724.